The summed E-state index contributed by atoms with van der Waals surface area (Å²) in [4.78, 5) is 36.3. The van der Waals surface area contributed by atoms with Gasteiger partial charge in [-0.05, 0) is 42.5 Å². The molecule has 0 aliphatic heterocycles. The standard InChI is InChI=1S/C25H26N4O5/c1-33-21-12-5-6-13-22(21)34-17-24(31)28-20-11-7-10-19(16-20)27-23(30)14-15-26-25(32)29-18-8-3-2-4-9-18/h2-13,16H,14-15,17H2,1H3,(H,27,30)(H,28,31)(H2,26,29,32). The SMILES string of the molecule is COc1ccccc1OCC(=O)Nc1cccc(NC(=O)CCNC(=O)Nc2ccccc2)c1. The molecule has 0 saturated carbocycles. The van der Waals surface area contributed by atoms with Gasteiger partial charge in [0, 0.05) is 30.0 Å². The van der Waals surface area contributed by atoms with E-state index >= 15 is 0 Å². The van der Waals surface area contributed by atoms with Gasteiger partial charge in [0.2, 0.25) is 5.91 Å². The molecular formula is C25H26N4O5. The highest BCUT2D eigenvalue weighted by molar-refractivity contribution is 5.95. The van der Waals surface area contributed by atoms with Crippen molar-refractivity contribution in [3.8, 4) is 11.5 Å². The van der Waals surface area contributed by atoms with Crippen LogP contribution in [-0.4, -0.2) is 38.1 Å². The van der Waals surface area contributed by atoms with Gasteiger partial charge in [0.05, 0.1) is 7.11 Å². The largest absolute Gasteiger partial charge is 0.493 e. The number of amides is 4. The highest BCUT2D eigenvalue weighted by Gasteiger charge is 2.09. The molecule has 3 rings (SSSR count). The summed E-state index contributed by atoms with van der Waals surface area (Å²) in [6.45, 7) is -0.0328. The van der Waals surface area contributed by atoms with Gasteiger partial charge in [-0.25, -0.2) is 4.79 Å². The van der Waals surface area contributed by atoms with Crippen LogP contribution in [0.1, 0.15) is 6.42 Å². The van der Waals surface area contributed by atoms with Crippen LogP contribution in [0.4, 0.5) is 21.9 Å². The molecule has 0 aromatic heterocycles. The topological polar surface area (TPSA) is 118 Å². The van der Waals surface area contributed by atoms with E-state index in [-0.39, 0.29) is 37.4 Å². The Bertz CT molecular complexity index is 1120. The van der Waals surface area contributed by atoms with Crippen molar-refractivity contribution in [2.75, 3.05) is 36.2 Å². The number of carbonyl (C=O) groups excluding carboxylic acids is 3. The van der Waals surface area contributed by atoms with Gasteiger partial charge >= 0.3 is 6.03 Å². The number of hydrogen-bond donors (Lipinski definition) is 4. The molecular weight excluding hydrogens is 436 g/mol. The second-order valence-corrected chi connectivity index (χ2v) is 7.11. The van der Waals surface area contributed by atoms with E-state index in [1.807, 2.05) is 18.2 Å². The second kappa shape index (κ2) is 12.5. The molecule has 0 aliphatic carbocycles. The third kappa shape index (κ3) is 7.86. The molecule has 9 heteroatoms. The quantitative estimate of drug-likeness (QED) is 0.365. The molecule has 4 N–H and O–H groups in total. The minimum absolute atomic E-state index is 0.0888. The Balaban J connectivity index is 1.41. The van der Waals surface area contributed by atoms with Crippen molar-refractivity contribution < 1.29 is 23.9 Å². The van der Waals surface area contributed by atoms with E-state index in [0.717, 1.165) is 0 Å². The lowest BCUT2D eigenvalue weighted by Gasteiger charge is -2.11. The van der Waals surface area contributed by atoms with Crippen molar-refractivity contribution in [1.82, 2.24) is 5.32 Å². The summed E-state index contributed by atoms with van der Waals surface area (Å²) in [5.74, 6) is 0.366. The Morgan fingerprint density at radius 2 is 1.32 bits per heavy atom. The monoisotopic (exact) mass is 462 g/mol. The van der Waals surface area contributed by atoms with Gasteiger partial charge in [0.1, 0.15) is 0 Å². The zero-order valence-corrected chi connectivity index (χ0v) is 18.7. The first-order valence-corrected chi connectivity index (χ1v) is 10.6. The third-order valence-corrected chi connectivity index (χ3v) is 4.53. The molecule has 34 heavy (non-hydrogen) atoms. The predicted octanol–water partition coefficient (Wildman–Crippen LogP) is 3.86. The van der Waals surface area contributed by atoms with E-state index in [1.165, 1.54) is 7.11 Å². The van der Waals surface area contributed by atoms with Gasteiger partial charge < -0.3 is 30.7 Å². The van der Waals surface area contributed by atoms with Crippen molar-refractivity contribution in [2.45, 2.75) is 6.42 Å². The molecule has 3 aromatic carbocycles. The molecule has 9 nitrogen and oxygen atoms in total. The zero-order valence-electron chi connectivity index (χ0n) is 18.7. The number of anilines is 3. The Hall–Kier alpha value is -4.53. The first kappa shape index (κ1) is 24.1. The number of benzene rings is 3. The first-order valence-electron chi connectivity index (χ1n) is 10.6. The van der Waals surface area contributed by atoms with Crippen LogP contribution in [-0.2, 0) is 9.59 Å². The normalized spacial score (nSPS) is 10.0. The molecule has 0 unspecified atom stereocenters. The van der Waals surface area contributed by atoms with Gasteiger partial charge in [-0.1, -0.05) is 36.4 Å². The Labute approximate surface area is 197 Å². The van der Waals surface area contributed by atoms with Crippen molar-refractivity contribution in [3.63, 3.8) is 0 Å². The van der Waals surface area contributed by atoms with E-state index in [9.17, 15) is 14.4 Å². The molecule has 0 bridgehead atoms. The number of ether oxygens (including phenoxy) is 2. The van der Waals surface area contributed by atoms with E-state index in [1.54, 1.807) is 60.7 Å². The number of urea groups is 1. The maximum Gasteiger partial charge on any atom is 0.319 e. The fourth-order valence-corrected chi connectivity index (χ4v) is 2.96. The van der Waals surface area contributed by atoms with E-state index < -0.39 is 0 Å². The smallest absolute Gasteiger partial charge is 0.319 e. The Kier molecular flexibility index (Phi) is 8.86. The van der Waals surface area contributed by atoms with Crippen LogP contribution in [0.2, 0.25) is 0 Å². The van der Waals surface area contributed by atoms with Crippen LogP contribution >= 0.6 is 0 Å². The molecule has 3 aromatic rings. The van der Waals surface area contributed by atoms with Crippen molar-refractivity contribution >= 4 is 34.9 Å². The minimum Gasteiger partial charge on any atom is -0.493 e. The van der Waals surface area contributed by atoms with E-state index in [4.69, 9.17) is 9.47 Å². The highest BCUT2D eigenvalue weighted by Crippen LogP contribution is 2.25. The lowest BCUT2D eigenvalue weighted by atomic mass is 10.2. The van der Waals surface area contributed by atoms with Gasteiger partial charge in [0.25, 0.3) is 5.91 Å². The summed E-state index contributed by atoms with van der Waals surface area (Å²) < 4.78 is 10.7. The fourth-order valence-electron chi connectivity index (χ4n) is 2.96. The highest BCUT2D eigenvalue weighted by atomic mass is 16.5. The molecule has 0 radical (unpaired) electrons. The van der Waals surface area contributed by atoms with Crippen molar-refractivity contribution in [3.05, 3.63) is 78.9 Å². The average molecular weight is 463 g/mol. The van der Waals surface area contributed by atoms with Crippen molar-refractivity contribution in [1.29, 1.82) is 0 Å². The van der Waals surface area contributed by atoms with Gasteiger partial charge in [0.15, 0.2) is 18.1 Å². The number of para-hydroxylation sites is 3. The number of carbonyl (C=O) groups is 3. The lowest BCUT2D eigenvalue weighted by Crippen LogP contribution is -2.31. The average Bonchev–Trinajstić information content (AvgIpc) is 2.83. The molecule has 0 aliphatic rings. The Morgan fingerprint density at radius 1 is 0.706 bits per heavy atom. The summed E-state index contributed by atoms with van der Waals surface area (Å²) in [6.07, 6.45) is 0.0888. The number of methoxy groups -OCH3 is 1. The van der Waals surface area contributed by atoms with Gasteiger partial charge in [-0.3, -0.25) is 9.59 Å². The number of nitrogens with one attached hydrogen (secondary N) is 4. The van der Waals surface area contributed by atoms with Crippen LogP contribution in [0.5, 0.6) is 11.5 Å². The number of hydrogen-bond acceptors (Lipinski definition) is 5. The molecule has 0 saturated heterocycles. The Morgan fingerprint density at radius 3 is 2.03 bits per heavy atom. The van der Waals surface area contributed by atoms with E-state index in [0.29, 0.717) is 28.6 Å². The third-order valence-electron chi connectivity index (χ3n) is 4.53. The minimum atomic E-state index is -0.390. The molecule has 0 spiro atoms. The first-order chi connectivity index (χ1) is 16.5. The summed E-state index contributed by atoms with van der Waals surface area (Å²) in [7, 11) is 1.53. The van der Waals surface area contributed by atoms with E-state index in [2.05, 4.69) is 21.3 Å². The number of rotatable bonds is 10. The molecule has 0 fully saturated rings. The maximum atomic E-state index is 12.2. The van der Waals surface area contributed by atoms with Crippen LogP contribution in [0, 0.1) is 0 Å². The second-order valence-electron chi connectivity index (χ2n) is 7.11. The van der Waals surface area contributed by atoms with Gasteiger partial charge in [-0.2, -0.15) is 0 Å². The molecule has 4 amide bonds. The summed E-state index contributed by atoms with van der Waals surface area (Å²) in [5.41, 5.74) is 1.69. The van der Waals surface area contributed by atoms with Crippen LogP contribution in [0.15, 0.2) is 78.9 Å². The summed E-state index contributed by atoms with van der Waals surface area (Å²) in [5, 5.41) is 10.8. The molecule has 0 heterocycles. The van der Waals surface area contributed by atoms with Crippen LogP contribution in [0.3, 0.4) is 0 Å². The fraction of sp³-hybridized carbons (Fsp3) is 0.160. The zero-order chi connectivity index (χ0) is 24.2. The summed E-state index contributed by atoms with van der Waals surface area (Å²) in [6, 6.07) is 22.4. The van der Waals surface area contributed by atoms with Crippen LogP contribution in [0.25, 0.3) is 0 Å². The summed E-state index contributed by atoms with van der Waals surface area (Å²) >= 11 is 0. The predicted molar refractivity (Wildman–Crippen MR) is 130 cm³/mol. The maximum absolute atomic E-state index is 12.2. The van der Waals surface area contributed by atoms with Crippen molar-refractivity contribution in [2.24, 2.45) is 0 Å². The molecule has 176 valence electrons. The molecule has 0 atom stereocenters. The lowest BCUT2D eigenvalue weighted by molar-refractivity contribution is -0.118. The van der Waals surface area contributed by atoms with Crippen LogP contribution < -0.4 is 30.7 Å². The van der Waals surface area contributed by atoms with Gasteiger partial charge in [-0.15, -0.1) is 0 Å².